The fraction of sp³-hybridized carbons (Fsp3) is 0.500. The van der Waals surface area contributed by atoms with Crippen LogP contribution in [0, 0.1) is 0 Å². The Labute approximate surface area is 102 Å². The lowest BCUT2D eigenvalue weighted by atomic mass is 9.85. The van der Waals surface area contributed by atoms with Crippen LogP contribution in [-0.4, -0.2) is 16.5 Å². The molecule has 1 aromatic heterocycles. The first-order valence-corrected chi connectivity index (χ1v) is 6.26. The van der Waals surface area contributed by atoms with Crippen LogP contribution in [0.2, 0.25) is 0 Å². The lowest BCUT2D eigenvalue weighted by molar-refractivity contribution is 0.539. The van der Waals surface area contributed by atoms with Gasteiger partial charge in [0, 0.05) is 18.4 Å². The van der Waals surface area contributed by atoms with E-state index in [1.165, 1.54) is 5.56 Å². The second-order valence-electron chi connectivity index (χ2n) is 5.25. The van der Waals surface area contributed by atoms with Crippen LogP contribution in [0.4, 0.5) is 0 Å². The van der Waals surface area contributed by atoms with Crippen molar-refractivity contribution in [3.63, 3.8) is 0 Å². The van der Waals surface area contributed by atoms with Gasteiger partial charge in [-0.25, -0.2) is 4.98 Å². The van der Waals surface area contributed by atoms with Gasteiger partial charge in [-0.05, 0) is 24.1 Å². The number of nitrogens with zero attached hydrogens (tertiary/aromatic N) is 1. The van der Waals surface area contributed by atoms with Crippen molar-refractivity contribution in [3.8, 4) is 0 Å². The van der Waals surface area contributed by atoms with Gasteiger partial charge in [0.15, 0.2) is 0 Å². The Morgan fingerprint density at radius 1 is 1.35 bits per heavy atom. The molecule has 3 heteroatoms. The highest BCUT2D eigenvalue weighted by Gasteiger charge is 2.19. The third-order valence-electron chi connectivity index (χ3n) is 3.31. The molecule has 92 valence electrons. The summed E-state index contributed by atoms with van der Waals surface area (Å²) in [6, 6.07) is 6.39. The Kier molecular flexibility index (Phi) is 3.20. The van der Waals surface area contributed by atoms with Crippen molar-refractivity contribution in [2.45, 2.75) is 39.0 Å². The van der Waals surface area contributed by atoms with E-state index in [2.05, 4.69) is 48.9 Å². The van der Waals surface area contributed by atoms with E-state index in [-0.39, 0.29) is 5.41 Å². The topological polar surface area (TPSA) is 54.7 Å². The number of hydrogen-bond acceptors (Lipinski definition) is 2. The Morgan fingerprint density at radius 3 is 2.76 bits per heavy atom. The summed E-state index contributed by atoms with van der Waals surface area (Å²) in [5.41, 5.74) is 9.26. The van der Waals surface area contributed by atoms with Crippen LogP contribution in [0.1, 0.15) is 38.6 Å². The summed E-state index contributed by atoms with van der Waals surface area (Å²) in [6.07, 6.45) is 2.12. The molecule has 0 amide bonds. The second kappa shape index (κ2) is 4.49. The van der Waals surface area contributed by atoms with E-state index in [0.717, 1.165) is 29.7 Å². The Balaban J connectivity index is 2.43. The molecule has 0 atom stereocenters. The summed E-state index contributed by atoms with van der Waals surface area (Å²) in [5, 5.41) is 0. The fourth-order valence-corrected chi connectivity index (χ4v) is 1.96. The van der Waals surface area contributed by atoms with Gasteiger partial charge in [-0.1, -0.05) is 26.8 Å². The van der Waals surface area contributed by atoms with Crippen molar-refractivity contribution in [3.05, 3.63) is 29.6 Å². The standard InChI is InChI=1S/C14H21N3/c1-4-5-13-16-11-7-6-10(8-12(11)17-13)14(2,3)9-15/h6-8H,4-5,9,15H2,1-3H3,(H,16,17). The highest BCUT2D eigenvalue weighted by Crippen LogP contribution is 2.25. The monoisotopic (exact) mass is 231 g/mol. The number of benzene rings is 1. The number of fused-ring (bicyclic) bond motifs is 1. The maximum Gasteiger partial charge on any atom is 0.107 e. The van der Waals surface area contributed by atoms with Gasteiger partial charge >= 0.3 is 0 Å². The predicted molar refractivity (Wildman–Crippen MR) is 72.2 cm³/mol. The third kappa shape index (κ3) is 2.34. The van der Waals surface area contributed by atoms with Crippen LogP contribution < -0.4 is 5.73 Å². The van der Waals surface area contributed by atoms with Crippen molar-refractivity contribution in [2.24, 2.45) is 5.73 Å². The van der Waals surface area contributed by atoms with Crippen molar-refractivity contribution in [2.75, 3.05) is 6.54 Å². The molecular weight excluding hydrogens is 210 g/mol. The number of aromatic amines is 1. The summed E-state index contributed by atoms with van der Waals surface area (Å²) >= 11 is 0. The molecule has 2 rings (SSSR count). The molecule has 0 saturated carbocycles. The number of imidazole rings is 1. The Morgan fingerprint density at radius 2 is 2.12 bits per heavy atom. The quantitative estimate of drug-likeness (QED) is 0.850. The van der Waals surface area contributed by atoms with E-state index in [0.29, 0.717) is 6.54 Å². The summed E-state index contributed by atoms with van der Waals surface area (Å²) in [6.45, 7) is 7.14. The van der Waals surface area contributed by atoms with Crippen molar-refractivity contribution in [1.82, 2.24) is 9.97 Å². The number of hydrogen-bond donors (Lipinski definition) is 2. The third-order valence-corrected chi connectivity index (χ3v) is 3.31. The molecule has 0 aliphatic rings. The molecule has 2 aromatic rings. The minimum Gasteiger partial charge on any atom is -0.342 e. The van der Waals surface area contributed by atoms with E-state index >= 15 is 0 Å². The van der Waals surface area contributed by atoms with Crippen LogP contribution in [0.3, 0.4) is 0 Å². The van der Waals surface area contributed by atoms with E-state index in [1.54, 1.807) is 0 Å². The summed E-state index contributed by atoms with van der Waals surface area (Å²) in [4.78, 5) is 7.95. The smallest absolute Gasteiger partial charge is 0.107 e. The van der Waals surface area contributed by atoms with Crippen LogP contribution in [0.15, 0.2) is 18.2 Å². The largest absolute Gasteiger partial charge is 0.342 e. The van der Waals surface area contributed by atoms with E-state index < -0.39 is 0 Å². The fourth-order valence-electron chi connectivity index (χ4n) is 1.96. The number of aryl methyl sites for hydroxylation is 1. The number of nitrogens with one attached hydrogen (secondary N) is 1. The molecule has 0 unspecified atom stereocenters. The number of rotatable bonds is 4. The lowest BCUT2D eigenvalue weighted by Gasteiger charge is -2.22. The van der Waals surface area contributed by atoms with Gasteiger partial charge in [0.1, 0.15) is 5.82 Å². The van der Waals surface area contributed by atoms with E-state index in [9.17, 15) is 0 Å². The number of aromatic nitrogens is 2. The molecule has 0 bridgehead atoms. The normalized spacial score (nSPS) is 12.2. The average molecular weight is 231 g/mol. The van der Waals surface area contributed by atoms with Crippen LogP contribution >= 0.6 is 0 Å². The van der Waals surface area contributed by atoms with Crippen molar-refractivity contribution >= 4 is 11.0 Å². The van der Waals surface area contributed by atoms with Crippen LogP contribution in [-0.2, 0) is 11.8 Å². The molecule has 3 nitrogen and oxygen atoms in total. The molecular formula is C14H21N3. The molecule has 1 aromatic carbocycles. The predicted octanol–water partition coefficient (Wildman–Crippen LogP) is 2.75. The van der Waals surface area contributed by atoms with Crippen LogP contribution in [0.25, 0.3) is 11.0 Å². The summed E-state index contributed by atoms with van der Waals surface area (Å²) in [7, 11) is 0. The average Bonchev–Trinajstić information content (AvgIpc) is 2.70. The molecule has 0 saturated heterocycles. The molecule has 0 radical (unpaired) electrons. The molecule has 0 aliphatic carbocycles. The zero-order chi connectivity index (χ0) is 12.5. The SMILES string of the molecule is CCCc1nc2ccc(C(C)(C)CN)cc2[nH]1. The van der Waals surface area contributed by atoms with Gasteiger partial charge in [0.05, 0.1) is 11.0 Å². The van der Waals surface area contributed by atoms with Gasteiger partial charge < -0.3 is 10.7 Å². The molecule has 0 fully saturated rings. The van der Waals surface area contributed by atoms with Gasteiger partial charge in [0.2, 0.25) is 0 Å². The van der Waals surface area contributed by atoms with E-state index in [1.807, 2.05) is 0 Å². The highest BCUT2D eigenvalue weighted by atomic mass is 14.9. The minimum atomic E-state index is 0.0181. The van der Waals surface area contributed by atoms with E-state index in [4.69, 9.17) is 5.73 Å². The molecule has 1 heterocycles. The summed E-state index contributed by atoms with van der Waals surface area (Å²) < 4.78 is 0. The summed E-state index contributed by atoms with van der Waals surface area (Å²) in [5.74, 6) is 1.07. The first-order chi connectivity index (χ1) is 8.06. The number of nitrogens with two attached hydrogens (primary N) is 1. The Hall–Kier alpha value is -1.35. The molecule has 0 aliphatic heterocycles. The maximum atomic E-state index is 5.81. The van der Waals surface area contributed by atoms with Gasteiger partial charge in [-0.3, -0.25) is 0 Å². The van der Waals surface area contributed by atoms with Crippen molar-refractivity contribution < 1.29 is 0 Å². The zero-order valence-corrected chi connectivity index (χ0v) is 10.9. The second-order valence-corrected chi connectivity index (χ2v) is 5.25. The lowest BCUT2D eigenvalue weighted by Crippen LogP contribution is -2.27. The van der Waals surface area contributed by atoms with Crippen LogP contribution in [0.5, 0.6) is 0 Å². The minimum absolute atomic E-state index is 0.0181. The highest BCUT2D eigenvalue weighted by molar-refractivity contribution is 5.76. The van der Waals surface area contributed by atoms with Crippen molar-refractivity contribution in [1.29, 1.82) is 0 Å². The zero-order valence-electron chi connectivity index (χ0n) is 10.9. The van der Waals surface area contributed by atoms with Gasteiger partial charge in [0.25, 0.3) is 0 Å². The first kappa shape index (κ1) is 12.1. The number of H-pyrrole nitrogens is 1. The Bertz CT molecular complexity index is 511. The molecule has 17 heavy (non-hydrogen) atoms. The van der Waals surface area contributed by atoms with Gasteiger partial charge in [-0.2, -0.15) is 0 Å². The molecule has 0 spiro atoms. The maximum absolute atomic E-state index is 5.81. The molecule has 3 N–H and O–H groups in total. The first-order valence-electron chi connectivity index (χ1n) is 6.26. The van der Waals surface area contributed by atoms with Gasteiger partial charge in [-0.15, -0.1) is 0 Å².